The Hall–Kier alpha value is -0.240. The zero-order valence-electron chi connectivity index (χ0n) is 9.78. The van der Waals surface area contributed by atoms with E-state index in [0.717, 1.165) is 17.9 Å². The molecule has 0 bridgehead atoms. The number of likely N-dealkylation sites (tertiary alicyclic amines) is 1. The highest BCUT2D eigenvalue weighted by Crippen LogP contribution is 2.48. The van der Waals surface area contributed by atoms with Crippen molar-refractivity contribution in [2.45, 2.75) is 25.3 Å². The number of rotatable bonds is 1. The average molecular weight is 270 g/mol. The van der Waals surface area contributed by atoms with Gasteiger partial charge in [0.1, 0.15) is 0 Å². The molecule has 1 nitrogen and oxygen atoms in total. The van der Waals surface area contributed by atoms with E-state index in [2.05, 4.69) is 4.90 Å². The molecule has 0 radical (unpaired) electrons. The fourth-order valence-electron chi connectivity index (χ4n) is 2.61. The Morgan fingerprint density at radius 2 is 1.47 bits per heavy atom. The summed E-state index contributed by atoms with van der Waals surface area (Å²) in [6.45, 7) is 2.91. The first-order valence-corrected chi connectivity index (χ1v) is 7.13. The van der Waals surface area contributed by atoms with Crippen molar-refractivity contribution in [2.24, 2.45) is 11.8 Å². The third kappa shape index (κ3) is 2.96. The molecule has 0 aromatic heterocycles. The molecule has 17 heavy (non-hydrogen) atoms. The van der Waals surface area contributed by atoms with Crippen molar-refractivity contribution in [3.05, 3.63) is 34.3 Å². The van der Waals surface area contributed by atoms with E-state index in [1.165, 1.54) is 25.9 Å². The van der Waals surface area contributed by atoms with Crippen LogP contribution in [0.1, 0.15) is 19.3 Å². The summed E-state index contributed by atoms with van der Waals surface area (Å²) in [6.07, 6.45) is 4.56. The summed E-state index contributed by atoms with van der Waals surface area (Å²) in [7, 11) is 0. The van der Waals surface area contributed by atoms with Gasteiger partial charge in [-0.25, -0.2) is 0 Å². The molecule has 2 unspecified atom stereocenters. The summed E-state index contributed by atoms with van der Waals surface area (Å²) in [6, 6.07) is 8.23. The van der Waals surface area contributed by atoms with Crippen LogP contribution >= 0.6 is 23.2 Å². The summed E-state index contributed by atoms with van der Waals surface area (Å²) >= 11 is 11.2. The molecule has 0 N–H and O–H groups in total. The van der Waals surface area contributed by atoms with E-state index in [4.69, 9.17) is 23.2 Å². The van der Waals surface area contributed by atoms with Gasteiger partial charge in [-0.2, -0.15) is 0 Å². The van der Waals surface area contributed by atoms with Gasteiger partial charge in [0.25, 0.3) is 0 Å². The van der Waals surface area contributed by atoms with Gasteiger partial charge >= 0.3 is 0 Å². The monoisotopic (exact) mass is 269 g/mol. The van der Waals surface area contributed by atoms with Gasteiger partial charge in [0.05, 0.1) is 10.0 Å². The molecule has 1 saturated heterocycles. The van der Waals surface area contributed by atoms with Crippen molar-refractivity contribution in [3.8, 4) is 0 Å². The number of piperidine rings is 1. The molecule has 3 fully saturated rings. The highest BCUT2D eigenvalue weighted by molar-refractivity contribution is 6.41. The van der Waals surface area contributed by atoms with Crippen molar-refractivity contribution in [3.63, 3.8) is 0 Å². The smallest absolute Gasteiger partial charge is 0.0592 e. The van der Waals surface area contributed by atoms with Crippen molar-refractivity contribution >= 4 is 23.2 Å². The van der Waals surface area contributed by atoms with Crippen molar-refractivity contribution in [2.75, 3.05) is 13.1 Å². The molecular formula is C14H17Cl2N. The lowest BCUT2D eigenvalue weighted by molar-refractivity contribution is 0.295. The van der Waals surface area contributed by atoms with Crippen LogP contribution in [0.15, 0.2) is 24.3 Å². The number of benzene rings is 1. The molecule has 2 saturated carbocycles. The Labute approximate surface area is 113 Å². The maximum absolute atomic E-state index is 5.58. The van der Waals surface area contributed by atoms with Gasteiger partial charge in [0, 0.05) is 19.1 Å². The molecule has 0 amide bonds. The zero-order valence-corrected chi connectivity index (χ0v) is 11.3. The molecule has 1 heterocycles. The molecule has 1 aliphatic heterocycles. The molecule has 4 rings (SSSR count). The van der Waals surface area contributed by atoms with Gasteiger partial charge in [-0.05, 0) is 43.2 Å². The number of hydrogen-bond donors (Lipinski definition) is 0. The Morgan fingerprint density at radius 1 is 0.941 bits per heavy atom. The first-order valence-electron chi connectivity index (χ1n) is 6.38. The standard InChI is InChI=1S/C8H13N.C6H4Cl2/c1-2-8(1)9-4-6-3-7(6)5-9;7-5-3-1-2-4-6(5)8/h6-8H,1-5H2;1-4H. The Kier molecular flexibility index (Phi) is 3.34. The molecule has 1 aromatic rings. The predicted molar refractivity (Wildman–Crippen MR) is 72.7 cm³/mol. The van der Waals surface area contributed by atoms with E-state index in [1.807, 2.05) is 12.1 Å². The maximum Gasteiger partial charge on any atom is 0.0592 e. The van der Waals surface area contributed by atoms with Crippen LogP contribution in [0.4, 0.5) is 0 Å². The third-order valence-corrected chi connectivity index (χ3v) is 4.65. The Balaban J connectivity index is 0.000000108. The van der Waals surface area contributed by atoms with Gasteiger partial charge < -0.3 is 0 Å². The predicted octanol–water partition coefficient (Wildman–Crippen LogP) is 4.09. The summed E-state index contributed by atoms with van der Waals surface area (Å²) in [4.78, 5) is 2.71. The summed E-state index contributed by atoms with van der Waals surface area (Å²) in [5, 5.41) is 1.21. The molecule has 1 aromatic carbocycles. The van der Waals surface area contributed by atoms with Crippen molar-refractivity contribution in [1.29, 1.82) is 0 Å². The lowest BCUT2D eigenvalue weighted by Crippen LogP contribution is -2.24. The molecule has 2 aliphatic carbocycles. The molecule has 92 valence electrons. The maximum atomic E-state index is 5.58. The van der Waals surface area contributed by atoms with Crippen LogP contribution in [0.25, 0.3) is 0 Å². The van der Waals surface area contributed by atoms with Crippen LogP contribution in [0.2, 0.25) is 10.0 Å². The van der Waals surface area contributed by atoms with Gasteiger partial charge in [-0.1, -0.05) is 35.3 Å². The van der Waals surface area contributed by atoms with Gasteiger partial charge in [0.15, 0.2) is 0 Å². The van der Waals surface area contributed by atoms with Gasteiger partial charge in [0.2, 0.25) is 0 Å². The average Bonchev–Trinajstić information content (AvgIpc) is 3.24. The van der Waals surface area contributed by atoms with E-state index >= 15 is 0 Å². The van der Waals surface area contributed by atoms with Crippen molar-refractivity contribution in [1.82, 2.24) is 4.90 Å². The minimum atomic E-state index is 0.606. The fourth-order valence-corrected chi connectivity index (χ4v) is 2.88. The van der Waals surface area contributed by atoms with E-state index in [1.54, 1.807) is 18.6 Å². The normalized spacial score (nSPS) is 30.5. The van der Waals surface area contributed by atoms with Crippen LogP contribution in [0, 0.1) is 11.8 Å². The largest absolute Gasteiger partial charge is 0.300 e. The first-order chi connectivity index (χ1) is 8.24. The molecule has 0 spiro atoms. The second kappa shape index (κ2) is 4.79. The summed E-state index contributed by atoms with van der Waals surface area (Å²) in [5.41, 5.74) is 0. The Morgan fingerprint density at radius 3 is 1.88 bits per heavy atom. The fraction of sp³-hybridized carbons (Fsp3) is 0.571. The van der Waals surface area contributed by atoms with E-state index in [9.17, 15) is 0 Å². The number of halogens is 2. The minimum Gasteiger partial charge on any atom is -0.300 e. The molecule has 3 heteroatoms. The van der Waals surface area contributed by atoms with Crippen LogP contribution < -0.4 is 0 Å². The molecular weight excluding hydrogens is 253 g/mol. The van der Waals surface area contributed by atoms with Gasteiger partial charge in [-0.3, -0.25) is 4.90 Å². The van der Waals surface area contributed by atoms with Crippen LogP contribution in [0.3, 0.4) is 0 Å². The Bertz CT molecular complexity index is 372. The second-order valence-corrected chi connectivity index (χ2v) is 6.17. The first kappa shape index (κ1) is 11.8. The summed E-state index contributed by atoms with van der Waals surface area (Å²) in [5.74, 6) is 2.29. The topological polar surface area (TPSA) is 3.24 Å². The number of fused-ring (bicyclic) bond motifs is 1. The third-order valence-electron chi connectivity index (χ3n) is 3.89. The zero-order chi connectivity index (χ0) is 11.8. The van der Waals surface area contributed by atoms with Crippen molar-refractivity contribution < 1.29 is 0 Å². The van der Waals surface area contributed by atoms with E-state index in [-0.39, 0.29) is 0 Å². The molecule has 2 atom stereocenters. The lowest BCUT2D eigenvalue weighted by Gasteiger charge is -2.15. The highest BCUT2D eigenvalue weighted by atomic mass is 35.5. The minimum absolute atomic E-state index is 0.606. The van der Waals surface area contributed by atoms with Crippen LogP contribution in [-0.2, 0) is 0 Å². The second-order valence-electron chi connectivity index (χ2n) is 5.36. The van der Waals surface area contributed by atoms with Crippen LogP contribution in [0.5, 0.6) is 0 Å². The number of hydrogen-bond acceptors (Lipinski definition) is 1. The number of nitrogens with zero attached hydrogens (tertiary/aromatic N) is 1. The highest BCUT2D eigenvalue weighted by Gasteiger charge is 2.48. The lowest BCUT2D eigenvalue weighted by atomic mass is 10.4. The SMILES string of the molecule is C1C2CN(C3CC3)CC12.Clc1ccccc1Cl. The van der Waals surface area contributed by atoms with E-state index < -0.39 is 0 Å². The summed E-state index contributed by atoms with van der Waals surface area (Å²) < 4.78 is 0. The van der Waals surface area contributed by atoms with Crippen LogP contribution in [-0.4, -0.2) is 24.0 Å². The van der Waals surface area contributed by atoms with E-state index in [0.29, 0.717) is 10.0 Å². The quantitative estimate of drug-likeness (QED) is 0.742. The van der Waals surface area contributed by atoms with Gasteiger partial charge in [-0.15, -0.1) is 0 Å². The molecule has 3 aliphatic rings.